The number of nitrogens with one attached hydrogen (secondary N) is 1. The van der Waals surface area contributed by atoms with Crippen molar-refractivity contribution in [2.45, 2.75) is 26.2 Å². The molecule has 0 atom stereocenters. The van der Waals surface area contributed by atoms with Gasteiger partial charge in [-0.15, -0.1) is 0 Å². The maximum absolute atomic E-state index is 12.7. The first-order chi connectivity index (χ1) is 12.8. The lowest BCUT2D eigenvalue weighted by Crippen LogP contribution is -2.14. The highest BCUT2D eigenvalue weighted by Crippen LogP contribution is 2.32. The molecule has 0 unspecified atom stereocenters. The van der Waals surface area contributed by atoms with Crippen molar-refractivity contribution < 1.29 is 9.53 Å². The molecule has 0 aliphatic heterocycles. The lowest BCUT2D eigenvalue weighted by molar-refractivity contribution is 0.102. The maximum atomic E-state index is 12.7. The number of halogens is 1. The molecule has 1 amide bonds. The number of para-hydroxylation sites is 1. The number of anilines is 1. The minimum absolute atomic E-state index is 0.0435. The molecule has 0 aliphatic rings. The third-order valence-corrected chi connectivity index (χ3v) is 4.41. The molecule has 0 saturated heterocycles. The number of carbonyl (C=O) groups is 1. The molecule has 0 spiro atoms. The Morgan fingerprint density at radius 3 is 2.22 bits per heavy atom. The second-order valence-electron chi connectivity index (χ2n) is 7.34. The first-order valence-electron chi connectivity index (χ1n) is 8.77. The Hall–Kier alpha value is -2.78. The summed E-state index contributed by atoms with van der Waals surface area (Å²) in [5.41, 5.74) is 2.37. The van der Waals surface area contributed by atoms with Gasteiger partial charge < -0.3 is 10.1 Å². The molecule has 0 aliphatic carbocycles. The summed E-state index contributed by atoms with van der Waals surface area (Å²) in [5.74, 6) is 0.967. The van der Waals surface area contributed by atoms with Gasteiger partial charge in [0.15, 0.2) is 5.75 Å². The van der Waals surface area contributed by atoms with E-state index in [0.29, 0.717) is 27.8 Å². The van der Waals surface area contributed by atoms with E-state index in [1.54, 1.807) is 18.2 Å². The molecule has 0 radical (unpaired) electrons. The van der Waals surface area contributed by atoms with E-state index in [4.69, 9.17) is 16.3 Å². The molecule has 3 nitrogen and oxygen atoms in total. The average molecular weight is 380 g/mol. The SMILES string of the molecule is CC(C)(C)c1ccc(C(=O)Nc2ccc(Cl)cc2Oc2ccccc2)cc1. The summed E-state index contributed by atoms with van der Waals surface area (Å²) >= 11 is 6.10. The molecule has 27 heavy (non-hydrogen) atoms. The largest absolute Gasteiger partial charge is 0.455 e. The molecular formula is C23H22ClNO2. The summed E-state index contributed by atoms with van der Waals surface area (Å²) in [5, 5.41) is 3.45. The van der Waals surface area contributed by atoms with Crippen LogP contribution >= 0.6 is 11.6 Å². The van der Waals surface area contributed by atoms with Gasteiger partial charge >= 0.3 is 0 Å². The monoisotopic (exact) mass is 379 g/mol. The fourth-order valence-corrected chi connectivity index (χ4v) is 2.78. The van der Waals surface area contributed by atoms with Crippen LogP contribution in [0.3, 0.4) is 0 Å². The van der Waals surface area contributed by atoms with Crippen molar-refractivity contribution in [3.05, 3.63) is 88.9 Å². The molecule has 1 N–H and O–H groups in total. The Morgan fingerprint density at radius 1 is 0.926 bits per heavy atom. The molecular weight excluding hydrogens is 358 g/mol. The van der Waals surface area contributed by atoms with Gasteiger partial charge in [0.2, 0.25) is 0 Å². The average Bonchev–Trinajstić information content (AvgIpc) is 2.64. The minimum Gasteiger partial charge on any atom is -0.455 e. The van der Waals surface area contributed by atoms with Gasteiger partial charge in [-0.3, -0.25) is 4.79 Å². The molecule has 3 aromatic carbocycles. The molecule has 0 bridgehead atoms. The molecule has 3 rings (SSSR count). The Morgan fingerprint density at radius 2 is 1.59 bits per heavy atom. The van der Waals surface area contributed by atoms with E-state index in [9.17, 15) is 4.79 Å². The highest BCUT2D eigenvalue weighted by molar-refractivity contribution is 6.30. The second-order valence-corrected chi connectivity index (χ2v) is 7.77. The second kappa shape index (κ2) is 7.85. The van der Waals surface area contributed by atoms with Crippen molar-refractivity contribution in [1.82, 2.24) is 0 Å². The zero-order valence-electron chi connectivity index (χ0n) is 15.6. The van der Waals surface area contributed by atoms with E-state index < -0.39 is 0 Å². The predicted molar refractivity (Wildman–Crippen MR) is 111 cm³/mol. The number of hydrogen-bond acceptors (Lipinski definition) is 2. The van der Waals surface area contributed by atoms with Crippen LogP contribution in [0.1, 0.15) is 36.7 Å². The Labute approximate surface area is 164 Å². The van der Waals surface area contributed by atoms with Gasteiger partial charge in [-0.05, 0) is 47.4 Å². The van der Waals surface area contributed by atoms with Crippen molar-refractivity contribution in [3.8, 4) is 11.5 Å². The van der Waals surface area contributed by atoms with Gasteiger partial charge in [0.1, 0.15) is 5.75 Å². The van der Waals surface area contributed by atoms with Crippen LogP contribution in [0.4, 0.5) is 5.69 Å². The fraction of sp³-hybridized carbons (Fsp3) is 0.174. The molecule has 3 aromatic rings. The zero-order chi connectivity index (χ0) is 19.4. The lowest BCUT2D eigenvalue weighted by atomic mass is 9.87. The van der Waals surface area contributed by atoms with Crippen LogP contribution in [-0.4, -0.2) is 5.91 Å². The van der Waals surface area contributed by atoms with Gasteiger partial charge in [0, 0.05) is 16.7 Å². The quantitative estimate of drug-likeness (QED) is 0.548. The smallest absolute Gasteiger partial charge is 0.255 e. The van der Waals surface area contributed by atoms with E-state index in [0.717, 1.165) is 0 Å². The molecule has 0 heterocycles. The number of amides is 1. The highest BCUT2D eigenvalue weighted by Gasteiger charge is 2.15. The van der Waals surface area contributed by atoms with Crippen molar-refractivity contribution >= 4 is 23.2 Å². The van der Waals surface area contributed by atoms with Crippen molar-refractivity contribution in [2.24, 2.45) is 0 Å². The van der Waals surface area contributed by atoms with E-state index in [1.165, 1.54) is 5.56 Å². The number of hydrogen-bond donors (Lipinski definition) is 1. The van der Waals surface area contributed by atoms with Gasteiger partial charge in [-0.1, -0.05) is 62.7 Å². The van der Waals surface area contributed by atoms with Crippen molar-refractivity contribution in [1.29, 1.82) is 0 Å². The summed E-state index contributed by atoms with van der Waals surface area (Å²) in [6.07, 6.45) is 0. The molecule has 4 heteroatoms. The summed E-state index contributed by atoms with van der Waals surface area (Å²) in [4.78, 5) is 12.7. The Balaban J connectivity index is 1.81. The summed E-state index contributed by atoms with van der Waals surface area (Å²) in [6.45, 7) is 6.43. The Bertz CT molecular complexity index is 929. The van der Waals surface area contributed by atoms with Gasteiger partial charge in [-0.2, -0.15) is 0 Å². The summed E-state index contributed by atoms with van der Waals surface area (Å²) in [7, 11) is 0. The summed E-state index contributed by atoms with van der Waals surface area (Å²) < 4.78 is 5.89. The highest BCUT2D eigenvalue weighted by atomic mass is 35.5. The lowest BCUT2D eigenvalue weighted by Gasteiger charge is -2.19. The minimum atomic E-state index is -0.198. The van der Waals surface area contributed by atoms with Crippen LogP contribution in [0.25, 0.3) is 0 Å². The first-order valence-corrected chi connectivity index (χ1v) is 9.15. The molecule has 0 saturated carbocycles. The third kappa shape index (κ3) is 4.89. The first kappa shape index (κ1) is 19.0. The van der Waals surface area contributed by atoms with Crippen molar-refractivity contribution in [3.63, 3.8) is 0 Å². The van der Waals surface area contributed by atoms with E-state index >= 15 is 0 Å². The van der Waals surface area contributed by atoms with E-state index in [-0.39, 0.29) is 11.3 Å². The maximum Gasteiger partial charge on any atom is 0.255 e. The van der Waals surface area contributed by atoms with E-state index in [2.05, 4.69) is 26.1 Å². The van der Waals surface area contributed by atoms with E-state index in [1.807, 2.05) is 54.6 Å². The fourth-order valence-electron chi connectivity index (χ4n) is 2.62. The Kier molecular flexibility index (Phi) is 5.52. The molecule has 0 aromatic heterocycles. The number of rotatable bonds is 4. The number of ether oxygens (including phenoxy) is 1. The number of carbonyl (C=O) groups excluding carboxylic acids is 1. The van der Waals surface area contributed by atoms with Crippen molar-refractivity contribution in [2.75, 3.05) is 5.32 Å². The zero-order valence-corrected chi connectivity index (χ0v) is 16.4. The van der Waals surface area contributed by atoms with Gasteiger partial charge in [0.05, 0.1) is 5.69 Å². The summed E-state index contributed by atoms with van der Waals surface area (Å²) in [6, 6.07) is 22.2. The van der Waals surface area contributed by atoms with Gasteiger partial charge in [-0.25, -0.2) is 0 Å². The third-order valence-electron chi connectivity index (χ3n) is 4.18. The van der Waals surface area contributed by atoms with Gasteiger partial charge in [0.25, 0.3) is 5.91 Å². The van der Waals surface area contributed by atoms with Crippen LogP contribution in [-0.2, 0) is 5.41 Å². The number of benzene rings is 3. The van der Waals surface area contributed by atoms with Crippen LogP contribution in [0, 0.1) is 0 Å². The standard InChI is InChI=1S/C23H22ClNO2/c1-23(2,3)17-11-9-16(10-12-17)22(26)25-20-14-13-18(24)15-21(20)27-19-7-5-4-6-8-19/h4-15H,1-3H3,(H,25,26). The normalized spacial score (nSPS) is 11.1. The molecule has 0 fully saturated rings. The predicted octanol–water partition coefficient (Wildman–Crippen LogP) is 6.68. The van der Waals surface area contributed by atoms with Crippen LogP contribution in [0.2, 0.25) is 5.02 Å². The topological polar surface area (TPSA) is 38.3 Å². The van der Waals surface area contributed by atoms with Crippen LogP contribution < -0.4 is 10.1 Å². The molecule has 138 valence electrons. The van der Waals surface area contributed by atoms with Crippen LogP contribution in [0.15, 0.2) is 72.8 Å². The van der Waals surface area contributed by atoms with Crippen LogP contribution in [0.5, 0.6) is 11.5 Å².